The highest BCUT2D eigenvalue weighted by Gasteiger charge is 2.12. The number of benzene rings is 2. The molecule has 0 amide bonds. The van der Waals surface area contributed by atoms with Crippen molar-refractivity contribution in [2.45, 2.75) is 27.7 Å². The fourth-order valence-electron chi connectivity index (χ4n) is 1.08. The average Bonchev–Trinajstić information content (AvgIpc) is 2.53. The lowest BCUT2D eigenvalue weighted by Crippen LogP contribution is -3.61. The van der Waals surface area contributed by atoms with Gasteiger partial charge in [0.25, 0.3) is 0 Å². The summed E-state index contributed by atoms with van der Waals surface area (Å²) in [6.45, 7) is 8.00. The van der Waals surface area contributed by atoms with E-state index in [0.717, 1.165) is 0 Å². The van der Waals surface area contributed by atoms with Crippen LogP contribution in [0, 0.1) is 7.14 Å². The van der Waals surface area contributed by atoms with Crippen molar-refractivity contribution in [3.05, 3.63) is 67.8 Å². The van der Waals surface area contributed by atoms with Crippen molar-refractivity contribution in [3.8, 4) is 0 Å². The molecule has 0 atom stereocenters. The van der Waals surface area contributed by atoms with Crippen LogP contribution in [-0.2, 0) is 10.9 Å². The zero-order valence-corrected chi connectivity index (χ0v) is 17.5. The van der Waals surface area contributed by atoms with Gasteiger partial charge in [0.1, 0.15) is 0 Å². The first-order chi connectivity index (χ1) is 10.2. The summed E-state index contributed by atoms with van der Waals surface area (Å²) in [6, 6.07) is 21.4. The Labute approximate surface area is 146 Å². The van der Waals surface area contributed by atoms with Crippen LogP contribution < -0.4 is 21.2 Å². The summed E-state index contributed by atoms with van der Waals surface area (Å²) in [5.74, 6) is 0. The van der Waals surface area contributed by atoms with Crippen LogP contribution in [0.2, 0.25) is 0 Å². The maximum atomic E-state index is 2.21. The molecule has 0 aliphatic carbocycles. The smallest absolute Gasteiger partial charge is 0.0683 e. The lowest BCUT2D eigenvalue weighted by Gasteiger charge is -1.84. The van der Waals surface area contributed by atoms with Gasteiger partial charge in [-0.2, -0.15) is 0 Å². The molecule has 0 spiro atoms. The van der Waals surface area contributed by atoms with Crippen molar-refractivity contribution >= 4 is 10.9 Å². The highest BCUT2D eigenvalue weighted by molar-refractivity contribution is 7.94. The Hall–Kier alpha value is -0.480. The van der Waals surface area contributed by atoms with Crippen molar-refractivity contribution < 1.29 is 21.2 Å². The molecule has 0 saturated carbocycles. The van der Waals surface area contributed by atoms with Gasteiger partial charge < -0.3 is 0 Å². The van der Waals surface area contributed by atoms with Crippen LogP contribution in [0.25, 0.3) is 0 Å². The summed E-state index contributed by atoms with van der Waals surface area (Å²) < 4.78 is 2.96. The Morgan fingerprint density at radius 2 is 0.810 bits per heavy atom. The van der Waals surface area contributed by atoms with Gasteiger partial charge in [-0.3, -0.25) is 0 Å². The van der Waals surface area contributed by atoms with Gasteiger partial charge >= 0.3 is 21.2 Å². The van der Waals surface area contributed by atoms with Gasteiger partial charge in [0.05, 0.1) is 18.8 Å². The quantitative estimate of drug-likeness (QED) is 0.519. The Kier molecular flexibility index (Phi) is 19.1. The molecule has 0 N–H and O–H groups in total. The summed E-state index contributed by atoms with van der Waals surface area (Å²) in [4.78, 5) is 0. The molecule has 2 heteroatoms. The van der Waals surface area contributed by atoms with Gasteiger partial charge in [0.15, 0.2) is 7.14 Å². The predicted molar refractivity (Wildman–Crippen MR) is 98.1 cm³/mol. The van der Waals surface area contributed by atoms with Crippen LogP contribution in [0.5, 0.6) is 0 Å². The molecule has 0 unspecified atom stereocenters. The van der Waals surface area contributed by atoms with Gasteiger partial charge in [-0.05, 0) is 35.2 Å². The van der Waals surface area contributed by atoms with Gasteiger partial charge in [-0.1, -0.05) is 64.1 Å². The summed E-state index contributed by atoms with van der Waals surface area (Å²) in [5, 5.41) is 0. The summed E-state index contributed by atoms with van der Waals surface area (Å²) >= 11 is 0.0287. The van der Waals surface area contributed by atoms with Crippen molar-refractivity contribution in [2.75, 3.05) is 18.8 Å². The van der Waals surface area contributed by atoms with Crippen LogP contribution in [0.1, 0.15) is 27.7 Å². The molecule has 2 aromatic rings. The SMILES string of the molecule is CC.CC.C[S+](C)C.c1ccc([I+]c2ccccc2)cc1. The Balaban J connectivity index is 0. The minimum Gasteiger partial charge on any atom is -0.0683 e. The second kappa shape index (κ2) is 17.6. The minimum atomic E-state index is 0.0287. The first-order valence-corrected chi connectivity index (χ1v) is 12.0. The van der Waals surface area contributed by atoms with E-state index < -0.39 is 0 Å². The van der Waals surface area contributed by atoms with Gasteiger partial charge in [0.2, 0.25) is 0 Å². The maximum absolute atomic E-state index is 2.21. The first-order valence-electron chi connectivity index (χ1n) is 7.42. The molecule has 0 saturated heterocycles. The molecule has 0 nitrogen and oxygen atoms in total. The van der Waals surface area contributed by atoms with E-state index in [-0.39, 0.29) is 21.2 Å². The zero-order chi connectivity index (χ0) is 16.5. The van der Waals surface area contributed by atoms with E-state index in [2.05, 4.69) is 79.4 Å². The van der Waals surface area contributed by atoms with E-state index in [0.29, 0.717) is 10.9 Å². The molecule has 0 heterocycles. The second-order valence-corrected chi connectivity index (χ2v) is 9.39. The van der Waals surface area contributed by atoms with Crippen LogP contribution in [-0.4, -0.2) is 18.8 Å². The molecule has 0 bridgehead atoms. The van der Waals surface area contributed by atoms with E-state index in [4.69, 9.17) is 0 Å². The van der Waals surface area contributed by atoms with E-state index >= 15 is 0 Å². The molecular weight excluding hydrogens is 387 g/mol. The van der Waals surface area contributed by atoms with Crippen LogP contribution in [0.3, 0.4) is 0 Å². The lowest BCUT2D eigenvalue weighted by atomic mass is 10.4. The van der Waals surface area contributed by atoms with Crippen molar-refractivity contribution in [1.29, 1.82) is 0 Å². The van der Waals surface area contributed by atoms with Crippen LogP contribution >= 0.6 is 0 Å². The first kappa shape index (κ1) is 22.8. The van der Waals surface area contributed by atoms with Crippen molar-refractivity contribution in [2.24, 2.45) is 0 Å². The predicted octanol–water partition coefficient (Wildman–Crippen LogP) is 2.36. The van der Waals surface area contributed by atoms with Crippen molar-refractivity contribution in [1.82, 2.24) is 0 Å². The third kappa shape index (κ3) is 15.7. The molecule has 0 aliphatic rings. The van der Waals surface area contributed by atoms with Crippen LogP contribution in [0.15, 0.2) is 60.7 Å². The molecule has 0 aliphatic heterocycles. The standard InChI is InChI=1S/C12H10I.C3H9S.2C2H6/c1-3-7-11(8-4-1)13-12-9-5-2-6-10-12;1-4(2)3;2*1-2/h1-10H;1-3H3;2*1-2H3/q2*+1;;. The van der Waals surface area contributed by atoms with Gasteiger partial charge in [-0.25, -0.2) is 0 Å². The third-order valence-electron chi connectivity index (χ3n) is 1.68. The van der Waals surface area contributed by atoms with E-state index in [1.54, 1.807) is 0 Å². The molecule has 118 valence electrons. The summed E-state index contributed by atoms with van der Waals surface area (Å²) in [5.41, 5.74) is 0. The molecule has 0 fully saturated rings. The van der Waals surface area contributed by atoms with Crippen molar-refractivity contribution in [3.63, 3.8) is 0 Å². The molecular formula is C19H31IS+2. The van der Waals surface area contributed by atoms with E-state index in [1.807, 2.05) is 27.7 Å². The van der Waals surface area contributed by atoms with E-state index in [9.17, 15) is 0 Å². The van der Waals surface area contributed by atoms with Gasteiger partial charge in [0, 0.05) is 0 Å². The monoisotopic (exact) mass is 418 g/mol. The number of hydrogen-bond donors (Lipinski definition) is 0. The maximum Gasteiger partial charge on any atom is 0.357 e. The minimum absolute atomic E-state index is 0.0287. The van der Waals surface area contributed by atoms with Crippen LogP contribution in [0.4, 0.5) is 0 Å². The molecule has 21 heavy (non-hydrogen) atoms. The second-order valence-electron chi connectivity index (χ2n) is 3.91. The number of halogens is 1. The van der Waals surface area contributed by atoms with Gasteiger partial charge in [-0.15, -0.1) is 0 Å². The highest BCUT2D eigenvalue weighted by Crippen LogP contribution is 1.85. The molecule has 2 rings (SSSR count). The summed E-state index contributed by atoms with van der Waals surface area (Å²) in [7, 11) is 0.639. The Morgan fingerprint density at radius 1 is 0.571 bits per heavy atom. The largest absolute Gasteiger partial charge is 0.357 e. The fraction of sp³-hybridized carbons (Fsp3) is 0.368. The van der Waals surface area contributed by atoms with E-state index in [1.165, 1.54) is 7.14 Å². The number of rotatable bonds is 2. The average molecular weight is 418 g/mol. The molecule has 0 aromatic heterocycles. The Morgan fingerprint density at radius 3 is 1.05 bits per heavy atom. The summed E-state index contributed by atoms with van der Waals surface area (Å²) in [6.07, 6.45) is 6.58. The zero-order valence-electron chi connectivity index (χ0n) is 14.6. The third-order valence-corrected chi connectivity index (χ3v) is 4.37. The molecule has 0 radical (unpaired) electrons. The topological polar surface area (TPSA) is 0 Å². The molecule has 2 aromatic carbocycles. The fourth-order valence-corrected chi connectivity index (χ4v) is 3.35. The number of hydrogen-bond acceptors (Lipinski definition) is 0. The highest BCUT2D eigenvalue weighted by atomic mass is 127. The Bertz CT molecular complexity index is 358. The lowest BCUT2D eigenvalue weighted by molar-refractivity contribution is -0.597. The normalized spacial score (nSPS) is 8.38.